The second-order valence-electron chi connectivity index (χ2n) is 4.22. The Balaban J connectivity index is 2.69. The lowest BCUT2D eigenvalue weighted by molar-refractivity contribution is 0.471. The third kappa shape index (κ3) is 3.94. The summed E-state index contributed by atoms with van der Waals surface area (Å²) in [5.41, 5.74) is 1.30. The molecule has 1 aromatic rings. The number of unbranched alkanes of at least 4 members (excludes halogenated alkanes) is 1. The molecule has 1 heteroatoms. The molecule has 0 saturated heterocycles. The Morgan fingerprint density at radius 1 is 1.13 bits per heavy atom. The third-order valence-electron chi connectivity index (χ3n) is 2.88. The number of hydrogen-bond acceptors (Lipinski definition) is 1. The normalized spacial score (nSPS) is 12.7. The van der Waals surface area contributed by atoms with E-state index in [1.54, 1.807) is 6.07 Å². The van der Waals surface area contributed by atoms with Gasteiger partial charge in [-0.25, -0.2) is 0 Å². The van der Waals surface area contributed by atoms with Crippen LogP contribution in [0.4, 0.5) is 0 Å². The average molecular weight is 206 g/mol. The Labute approximate surface area is 93.1 Å². The van der Waals surface area contributed by atoms with Crippen LogP contribution in [-0.2, 0) is 0 Å². The molecule has 0 aliphatic rings. The van der Waals surface area contributed by atoms with Gasteiger partial charge in [0.2, 0.25) is 0 Å². The van der Waals surface area contributed by atoms with Gasteiger partial charge in [0.25, 0.3) is 0 Å². The van der Waals surface area contributed by atoms with Crippen molar-refractivity contribution < 1.29 is 5.11 Å². The van der Waals surface area contributed by atoms with Crippen molar-refractivity contribution in [3.8, 4) is 5.75 Å². The van der Waals surface area contributed by atoms with Crippen molar-refractivity contribution in [2.75, 3.05) is 0 Å². The first-order valence-corrected chi connectivity index (χ1v) is 6.06. The van der Waals surface area contributed by atoms with E-state index in [2.05, 4.69) is 19.9 Å². The summed E-state index contributed by atoms with van der Waals surface area (Å²) in [7, 11) is 0. The number of rotatable bonds is 6. The highest BCUT2D eigenvalue weighted by molar-refractivity contribution is 5.29. The van der Waals surface area contributed by atoms with E-state index >= 15 is 0 Å². The molecule has 1 atom stereocenters. The zero-order valence-electron chi connectivity index (χ0n) is 9.87. The van der Waals surface area contributed by atoms with Gasteiger partial charge in [-0.05, 0) is 36.5 Å². The lowest BCUT2D eigenvalue weighted by atomic mass is 9.90. The maximum atomic E-state index is 9.46. The number of hydrogen-bond donors (Lipinski definition) is 1. The molecule has 0 aliphatic heterocycles. The lowest BCUT2D eigenvalue weighted by Crippen LogP contribution is -1.98. The van der Waals surface area contributed by atoms with Crippen molar-refractivity contribution in [1.29, 1.82) is 0 Å². The van der Waals surface area contributed by atoms with Crippen LogP contribution in [0, 0.1) is 0 Å². The lowest BCUT2D eigenvalue weighted by Gasteiger charge is -2.16. The predicted octanol–water partition coefficient (Wildman–Crippen LogP) is 4.47. The zero-order valence-corrected chi connectivity index (χ0v) is 9.87. The second kappa shape index (κ2) is 6.49. The van der Waals surface area contributed by atoms with Crippen LogP contribution < -0.4 is 0 Å². The highest BCUT2D eigenvalue weighted by Crippen LogP contribution is 2.28. The summed E-state index contributed by atoms with van der Waals surface area (Å²) in [5.74, 6) is 1.02. The van der Waals surface area contributed by atoms with Gasteiger partial charge in [-0.1, -0.05) is 45.2 Å². The van der Waals surface area contributed by atoms with Crippen LogP contribution in [0.3, 0.4) is 0 Å². The van der Waals surface area contributed by atoms with E-state index in [1.165, 1.54) is 37.7 Å². The first-order chi connectivity index (χ1) is 7.27. The Bertz CT molecular complexity index is 280. The highest BCUT2D eigenvalue weighted by atomic mass is 16.3. The molecule has 0 saturated carbocycles. The molecule has 1 nitrogen and oxygen atoms in total. The highest BCUT2D eigenvalue weighted by Gasteiger charge is 2.10. The van der Waals surface area contributed by atoms with Crippen LogP contribution in [0.5, 0.6) is 5.75 Å². The molecule has 0 amide bonds. The minimum atomic E-state index is 0.394. The largest absolute Gasteiger partial charge is 0.508 e. The van der Waals surface area contributed by atoms with Crippen LogP contribution in [0.25, 0.3) is 0 Å². The number of phenolic OH excluding ortho intramolecular Hbond substituents is 1. The van der Waals surface area contributed by atoms with Gasteiger partial charge in [-0.15, -0.1) is 0 Å². The van der Waals surface area contributed by atoms with Gasteiger partial charge >= 0.3 is 0 Å². The Kier molecular flexibility index (Phi) is 5.23. The molecule has 84 valence electrons. The first kappa shape index (κ1) is 12.1. The Morgan fingerprint density at radius 2 is 1.93 bits per heavy atom. The van der Waals surface area contributed by atoms with Crippen molar-refractivity contribution in [2.24, 2.45) is 0 Å². The van der Waals surface area contributed by atoms with Crippen molar-refractivity contribution in [2.45, 2.75) is 51.9 Å². The zero-order chi connectivity index (χ0) is 11.1. The average Bonchev–Trinajstić information content (AvgIpc) is 2.24. The maximum Gasteiger partial charge on any atom is 0.115 e. The van der Waals surface area contributed by atoms with Crippen LogP contribution in [0.1, 0.15) is 57.4 Å². The number of phenols is 1. The van der Waals surface area contributed by atoms with Crippen LogP contribution in [0.15, 0.2) is 24.3 Å². The van der Waals surface area contributed by atoms with Gasteiger partial charge in [0.1, 0.15) is 5.75 Å². The Morgan fingerprint density at radius 3 is 2.53 bits per heavy atom. The fraction of sp³-hybridized carbons (Fsp3) is 0.571. The summed E-state index contributed by atoms with van der Waals surface area (Å²) in [5, 5.41) is 9.46. The maximum absolute atomic E-state index is 9.46. The molecule has 0 spiro atoms. The quantitative estimate of drug-likeness (QED) is 0.728. The fourth-order valence-electron chi connectivity index (χ4n) is 2.06. The van der Waals surface area contributed by atoms with Gasteiger partial charge in [0.15, 0.2) is 0 Å². The van der Waals surface area contributed by atoms with Gasteiger partial charge in [-0.2, -0.15) is 0 Å². The molecule has 1 N–H and O–H groups in total. The molecule has 0 radical (unpaired) electrons. The SMILES string of the molecule is CCCCC(CCC)c1cccc(O)c1. The van der Waals surface area contributed by atoms with Crippen molar-refractivity contribution in [3.05, 3.63) is 29.8 Å². The van der Waals surface area contributed by atoms with Crippen LogP contribution in [0.2, 0.25) is 0 Å². The second-order valence-corrected chi connectivity index (χ2v) is 4.22. The van der Waals surface area contributed by atoms with E-state index in [9.17, 15) is 5.11 Å². The molecule has 0 heterocycles. The molecule has 0 fully saturated rings. The summed E-state index contributed by atoms with van der Waals surface area (Å²) in [6.45, 7) is 4.45. The van der Waals surface area contributed by atoms with E-state index in [0.717, 1.165) is 0 Å². The number of benzene rings is 1. The van der Waals surface area contributed by atoms with Gasteiger partial charge in [0.05, 0.1) is 0 Å². The van der Waals surface area contributed by atoms with Crippen molar-refractivity contribution in [1.82, 2.24) is 0 Å². The minimum Gasteiger partial charge on any atom is -0.508 e. The van der Waals surface area contributed by atoms with Crippen molar-refractivity contribution >= 4 is 0 Å². The van der Waals surface area contributed by atoms with Gasteiger partial charge in [0, 0.05) is 0 Å². The fourth-order valence-corrected chi connectivity index (χ4v) is 2.06. The van der Waals surface area contributed by atoms with E-state index in [0.29, 0.717) is 11.7 Å². The molecular weight excluding hydrogens is 184 g/mol. The molecule has 0 bridgehead atoms. The van der Waals surface area contributed by atoms with Crippen LogP contribution in [-0.4, -0.2) is 5.11 Å². The van der Waals surface area contributed by atoms with Gasteiger partial charge < -0.3 is 5.11 Å². The summed E-state index contributed by atoms with van der Waals surface area (Å²) in [6.07, 6.45) is 6.21. The monoisotopic (exact) mass is 206 g/mol. The Hall–Kier alpha value is -0.980. The van der Waals surface area contributed by atoms with Crippen molar-refractivity contribution in [3.63, 3.8) is 0 Å². The van der Waals surface area contributed by atoms with E-state index in [4.69, 9.17) is 0 Å². The molecule has 1 unspecified atom stereocenters. The topological polar surface area (TPSA) is 20.2 Å². The van der Waals surface area contributed by atoms with Crippen LogP contribution >= 0.6 is 0 Å². The molecule has 15 heavy (non-hydrogen) atoms. The standard InChI is InChI=1S/C14H22O/c1-3-5-8-12(7-4-2)13-9-6-10-14(15)11-13/h6,9-12,15H,3-5,7-8H2,1-2H3. The first-order valence-electron chi connectivity index (χ1n) is 6.06. The molecular formula is C14H22O. The van der Waals surface area contributed by atoms with E-state index in [-0.39, 0.29) is 0 Å². The van der Waals surface area contributed by atoms with Gasteiger partial charge in [-0.3, -0.25) is 0 Å². The third-order valence-corrected chi connectivity index (χ3v) is 2.88. The summed E-state index contributed by atoms with van der Waals surface area (Å²) >= 11 is 0. The smallest absolute Gasteiger partial charge is 0.115 e. The van der Waals surface area contributed by atoms with E-state index < -0.39 is 0 Å². The molecule has 1 rings (SSSR count). The minimum absolute atomic E-state index is 0.394. The predicted molar refractivity (Wildman–Crippen MR) is 65.3 cm³/mol. The molecule has 0 aromatic heterocycles. The molecule has 0 aliphatic carbocycles. The van der Waals surface area contributed by atoms with E-state index in [1.807, 2.05) is 12.1 Å². The number of aromatic hydroxyl groups is 1. The summed E-state index contributed by atoms with van der Waals surface area (Å²) in [6, 6.07) is 7.73. The molecule has 1 aromatic carbocycles. The summed E-state index contributed by atoms with van der Waals surface area (Å²) < 4.78 is 0. The summed E-state index contributed by atoms with van der Waals surface area (Å²) in [4.78, 5) is 0.